The Labute approximate surface area is 89.9 Å². The monoisotopic (exact) mass is 260 g/mol. The van der Waals surface area contributed by atoms with Gasteiger partial charge in [-0.25, -0.2) is 4.39 Å². The maximum absolute atomic E-state index is 13.1. The van der Waals surface area contributed by atoms with Gasteiger partial charge in [-0.15, -0.1) is 0 Å². The minimum absolute atomic E-state index is 0.245. The fraction of sp³-hybridized carbons (Fsp3) is 0.300. The fourth-order valence-electron chi connectivity index (χ4n) is 1.32. The molecule has 0 spiro atoms. The van der Waals surface area contributed by atoms with E-state index in [2.05, 4.69) is 15.9 Å². The first-order valence-electron chi connectivity index (χ1n) is 4.24. The first-order chi connectivity index (χ1) is 6.57. The van der Waals surface area contributed by atoms with Gasteiger partial charge in [0, 0.05) is 0 Å². The molecular formula is C10H10BrFO2. The zero-order chi connectivity index (χ0) is 10.7. The molecule has 1 rings (SSSR count). The largest absolute Gasteiger partial charge is 0.481 e. The Balaban J connectivity index is 3.16. The number of carbonyl (C=O) groups is 1. The molecule has 0 aliphatic rings. The highest BCUT2D eigenvalue weighted by atomic mass is 79.9. The third-order valence-corrected chi connectivity index (χ3v) is 2.90. The average Bonchev–Trinajstić information content (AvgIpc) is 2.13. The van der Waals surface area contributed by atoms with Crippen molar-refractivity contribution in [1.82, 2.24) is 0 Å². The molecule has 0 radical (unpaired) electrons. The van der Waals surface area contributed by atoms with E-state index in [0.29, 0.717) is 12.0 Å². The van der Waals surface area contributed by atoms with Crippen molar-refractivity contribution in [3.05, 3.63) is 34.1 Å². The van der Waals surface area contributed by atoms with Crippen molar-refractivity contribution in [3.8, 4) is 0 Å². The van der Waals surface area contributed by atoms with Crippen LogP contribution in [0.2, 0.25) is 0 Å². The minimum Gasteiger partial charge on any atom is -0.481 e. The lowest BCUT2D eigenvalue weighted by atomic mass is 9.97. The minimum atomic E-state index is -0.932. The molecule has 4 heteroatoms. The molecule has 0 aliphatic carbocycles. The molecule has 14 heavy (non-hydrogen) atoms. The molecule has 1 atom stereocenters. The van der Waals surface area contributed by atoms with E-state index in [4.69, 9.17) is 5.11 Å². The Hall–Kier alpha value is -0.900. The summed E-state index contributed by atoms with van der Waals surface area (Å²) in [6, 6.07) is 4.43. The number of rotatable bonds is 3. The van der Waals surface area contributed by atoms with E-state index in [1.807, 2.05) is 0 Å². The van der Waals surface area contributed by atoms with E-state index in [-0.39, 0.29) is 4.47 Å². The van der Waals surface area contributed by atoms with Gasteiger partial charge in [-0.1, -0.05) is 19.1 Å². The normalized spacial score (nSPS) is 12.5. The molecule has 0 amide bonds. The zero-order valence-corrected chi connectivity index (χ0v) is 9.21. The second-order valence-electron chi connectivity index (χ2n) is 2.94. The van der Waals surface area contributed by atoms with Gasteiger partial charge >= 0.3 is 5.97 Å². The number of benzene rings is 1. The van der Waals surface area contributed by atoms with Gasteiger partial charge in [-0.3, -0.25) is 4.79 Å². The van der Waals surface area contributed by atoms with Crippen molar-refractivity contribution < 1.29 is 14.3 Å². The molecule has 0 aromatic heterocycles. The Kier molecular flexibility index (Phi) is 3.63. The maximum atomic E-state index is 13.1. The third-order valence-electron chi connectivity index (χ3n) is 2.06. The van der Waals surface area contributed by atoms with Crippen LogP contribution in [0.1, 0.15) is 24.8 Å². The van der Waals surface area contributed by atoms with Crippen molar-refractivity contribution >= 4 is 21.9 Å². The van der Waals surface area contributed by atoms with Crippen LogP contribution in [0.5, 0.6) is 0 Å². The van der Waals surface area contributed by atoms with Crippen LogP contribution in [0, 0.1) is 5.82 Å². The molecule has 0 heterocycles. The number of halogens is 2. The Morgan fingerprint density at radius 2 is 2.29 bits per heavy atom. The predicted molar refractivity (Wildman–Crippen MR) is 54.8 cm³/mol. The van der Waals surface area contributed by atoms with Gasteiger partial charge in [0.1, 0.15) is 5.82 Å². The highest BCUT2D eigenvalue weighted by Crippen LogP contribution is 2.29. The van der Waals surface area contributed by atoms with Crippen LogP contribution in [-0.2, 0) is 4.79 Å². The lowest BCUT2D eigenvalue weighted by Crippen LogP contribution is -2.11. The molecule has 76 valence electrons. The SMILES string of the molecule is CCC(C(=O)O)c1cccc(F)c1Br. The second kappa shape index (κ2) is 4.55. The van der Waals surface area contributed by atoms with Crippen molar-refractivity contribution in [2.45, 2.75) is 19.3 Å². The summed E-state index contributed by atoms with van der Waals surface area (Å²) in [7, 11) is 0. The summed E-state index contributed by atoms with van der Waals surface area (Å²) in [5.74, 6) is -2.01. The van der Waals surface area contributed by atoms with E-state index in [1.54, 1.807) is 13.0 Å². The van der Waals surface area contributed by atoms with E-state index >= 15 is 0 Å². The lowest BCUT2D eigenvalue weighted by Gasteiger charge is -2.12. The smallest absolute Gasteiger partial charge is 0.311 e. The predicted octanol–water partition coefficient (Wildman–Crippen LogP) is 3.17. The van der Waals surface area contributed by atoms with Crippen LogP contribution in [0.15, 0.2) is 22.7 Å². The topological polar surface area (TPSA) is 37.3 Å². The molecule has 0 saturated heterocycles. The Morgan fingerprint density at radius 1 is 1.64 bits per heavy atom. The lowest BCUT2D eigenvalue weighted by molar-refractivity contribution is -0.138. The molecule has 1 aromatic rings. The van der Waals surface area contributed by atoms with E-state index in [9.17, 15) is 9.18 Å². The summed E-state index contributed by atoms with van der Waals surface area (Å²) in [4.78, 5) is 10.9. The van der Waals surface area contributed by atoms with Crippen molar-refractivity contribution in [2.24, 2.45) is 0 Å². The molecular weight excluding hydrogens is 251 g/mol. The summed E-state index contributed by atoms with van der Waals surface area (Å²) in [5.41, 5.74) is 0.486. The summed E-state index contributed by atoms with van der Waals surface area (Å²) in [5, 5.41) is 8.90. The van der Waals surface area contributed by atoms with Gasteiger partial charge < -0.3 is 5.11 Å². The highest BCUT2D eigenvalue weighted by molar-refractivity contribution is 9.10. The molecule has 1 unspecified atom stereocenters. The van der Waals surface area contributed by atoms with Gasteiger partial charge in [-0.2, -0.15) is 0 Å². The Morgan fingerprint density at radius 3 is 2.79 bits per heavy atom. The van der Waals surface area contributed by atoms with Gasteiger partial charge in [-0.05, 0) is 34.0 Å². The van der Waals surface area contributed by atoms with E-state index in [0.717, 1.165) is 0 Å². The van der Waals surface area contributed by atoms with Gasteiger partial charge in [0.25, 0.3) is 0 Å². The van der Waals surface area contributed by atoms with Gasteiger partial charge in [0.05, 0.1) is 10.4 Å². The molecule has 2 nitrogen and oxygen atoms in total. The van der Waals surface area contributed by atoms with Crippen LogP contribution in [0.3, 0.4) is 0 Å². The quantitative estimate of drug-likeness (QED) is 0.907. The zero-order valence-electron chi connectivity index (χ0n) is 7.63. The number of carboxylic acids is 1. The molecule has 0 fully saturated rings. The van der Waals surface area contributed by atoms with Crippen LogP contribution >= 0.6 is 15.9 Å². The fourth-order valence-corrected chi connectivity index (χ4v) is 1.86. The standard InChI is InChI=1S/C10H10BrFO2/c1-2-6(10(13)14)7-4-3-5-8(12)9(7)11/h3-6H,2H2,1H3,(H,13,14). The number of carboxylic acid groups (broad SMARTS) is 1. The molecule has 0 aliphatic heterocycles. The number of hydrogen-bond donors (Lipinski definition) is 1. The van der Waals surface area contributed by atoms with Gasteiger partial charge in [0.15, 0.2) is 0 Å². The maximum Gasteiger partial charge on any atom is 0.311 e. The van der Waals surface area contributed by atoms with Crippen LogP contribution in [-0.4, -0.2) is 11.1 Å². The Bertz CT molecular complexity index is 352. The number of aliphatic carboxylic acids is 1. The van der Waals surface area contributed by atoms with Crippen LogP contribution in [0.25, 0.3) is 0 Å². The summed E-state index contributed by atoms with van der Waals surface area (Å²) < 4.78 is 13.3. The summed E-state index contributed by atoms with van der Waals surface area (Å²) in [6.07, 6.45) is 0.442. The second-order valence-corrected chi connectivity index (χ2v) is 3.74. The van der Waals surface area contributed by atoms with Gasteiger partial charge in [0.2, 0.25) is 0 Å². The molecule has 1 aromatic carbocycles. The molecule has 1 N–H and O–H groups in total. The first kappa shape index (κ1) is 11.2. The van der Waals surface area contributed by atoms with Crippen LogP contribution < -0.4 is 0 Å². The average molecular weight is 261 g/mol. The third kappa shape index (κ3) is 2.12. The van der Waals surface area contributed by atoms with Crippen LogP contribution in [0.4, 0.5) is 4.39 Å². The summed E-state index contributed by atoms with van der Waals surface area (Å²) in [6.45, 7) is 1.76. The summed E-state index contributed by atoms with van der Waals surface area (Å²) >= 11 is 3.05. The van der Waals surface area contributed by atoms with E-state index in [1.165, 1.54) is 12.1 Å². The number of hydrogen-bond acceptors (Lipinski definition) is 1. The van der Waals surface area contributed by atoms with Crippen molar-refractivity contribution in [1.29, 1.82) is 0 Å². The highest BCUT2D eigenvalue weighted by Gasteiger charge is 2.21. The molecule has 0 bridgehead atoms. The first-order valence-corrected chi connectivity index (χ1v) is 5.04. The molecule has 0 saturated carbocycles. The van der Waals surface area contributed by atoms with Crippen molar-refractivity contribution in [3.63, 3.8) is 0 Å². The van der Waals surface area contributed by atoms with E-state index < -0.39 is 17.7 Å². The van der Waals surface area contributed by atoms with Crippen molar-refractivity contribution in [2.75, 3.05) is 0 Å².